The van der Waals surface area contributed by atoms with Crippen LogP contribution in [0.5, 0.6) is 11.5 Å². The molecule has 0 aliphatic heterocycles. The molecule has 0 N–H and O–H groups in total. The molecule has 0 aliphatic carbocycles. The third kappa shape index (κ3) is 3.85. The van der Waals surface area contributed by atoms with Crippen molar-refractivity contribution in [3.8, 4) is 11.5 Å². The highest BCUT2D eigenvalue weighted by Gasteiger charge is 2.06. The molecule has 0 spiro atoms. The Morgan fingerprint density at radius 3 is 2.68 bits per heavy atom. The normalized spacial score (nSPS) is 10.3. The molecule has 0 bridgehead atoms. The molecule has 0 atom stereocenters. The van der Waals surface area contributed by atoms with Crippen LogP contribution >= 0.6 is 27.5 Å². The van der Waals surface area contributed by atoms with Crippen molar-refractivity contribution in [1.82, 2.24) is 0 Å². The van der Waals surface area contributed by atoms with Gasteiger partial charge in [0, 0.05) is 21.1 Å². The van der Waals surface area contributed by atoms with Gasteiger partial charge in [-0.05, 0) is 30.3 Å². The van der Waals surface area contributed by atoms with Crippen LogP contribution in [-0.4, -0.2) is 7.11 Å². The molecule has 2 rings (SSSR count). The Balaban J connectivity index is 2.16. The quantitative estimate of drug-likeness (QED) is 0.790. The van der Waals surface area contributed by atoms with E-state index in [2.05, 4.69) is 15.9 Å². The molecule has 0 fully saturated rings. The Morgan fingerprint density at radius 1 is 1.21 bits per heavy atom. The summed E-state index contributed by atoms with van der Waals surface area (Å²) in [6.07, 6.45) is 0. The molecule has 0 heterocycles. The van der Waals surface area contributed by atoms with Gasteiger partial charge in [-0.15, -0.1) is 0 Å². The number of hydrogen-bond acceptors (Lipinski definition) is 2. The Hall–Kier alpha value is -1.26. The fourth-order valence-electron chi connectivity index (χ4n) is 1.63. The first-order valence-electron chi connectivity index (χ1n) is 5.50. The van der Waals surface area contributed by atoms with Crippen LogP contribution in [0.4, 0.5) is 4.39 Å². The summed E-state index contributed by atoms with van der Waals surface area (Å²) >= 11 is 9.14. The first-order chi connectivity index (χ1) is 9.08. The van der Waals surface area contributed by atoms with E-state index in [9.17, 15) is 4.39 Å². The SMILES string of the molecule is COc1ccc(Cl)cc1COc1cc(F)cc(Br)c1. The number of ether oxygens (including phenoxy) is 2. The van der Waals surface area contributed by atoms with Crippen molar-refractivity contribution < 1.29 is 13.9 Å². The summed E-state index contributed by atoms with van der Waals surface area (Å²) in [5.74, 6) is 0.760. The van der Waals surface area contributed by atoms with Gasteiger partial charge in [0.25, 0.3) is 0 Å². The van der Waals surface area contributed by atoms with Gasteiger partial charge < -0.3 is 9.47 Å². The second kappa shape index (κ2) is 6.26. The van der Waals surface area contributed by atoms with E-state index < -0.39 is 0 Å². The molecule has 0 amide bonds. The summed E-state index contributed by atoms with van der Waals surface area (Å²) in [5, 5.41) is 0.597. The van der Waals surface area contributed by atoms with Crippen molar-refractivity contribution in [3.63, 3.8) is 0 Å². The van der Waals surface area contributed by atoms with E-state index in [0.29, 0.717) is 21.0 Å². The third-order valence-corrected chi connectivity index (χ3v) is 3.17. The number of benzene rings is 2. The van der Waals surface area contributed by atoms with E-state index >= 15 is 0 Å². The predicted molar refractivity (Wildman–Crippen MR) is 76.4 cm³/mol. The number of methoxy groups -OCH3 is 1. The van der Waals surface area contributed by atoms with Gasteiger partial charge in [0.1, 0.15) is 23.9 Å². The average Bonchev–Trinajstić information content (AvgIpc) is 2.35. The Bertz CT molecular complexity index is 569. The summed E-state index contributed by atoms with van der Waals surface area (Å²) in [6.45, 7) is 0.250. The third-order valence-electron chi connectivity index (χ3n) is 2.47. The molecule has 0 aromatic heterocycles. The van der Waals surface area contributed by atoms with E-state index in [1.54, 1.807) is 31.4 Å². The van der Waals surface area contributed by atoms with Gasteiger partial charge in [-0.25, -0.2) is 4.39 Å². The molecule has 2 aromatic rings. The van der Waals surface area contributed by atoms with E-state index in [0.717, 1.165) is 5.56 Å². The maximum absolute atomic E-state index is 13.2. The van der Waals surface area contributed by atoms with Crippen LogP contribution in [0.1, 0.15) is 5.56 Å². The van der Waals surface area contributed by atoms with Gasteiger partial charge in [0.2, 0.25) is 0 Å². The van der Waals surface area contributed by atoms with Crippen molar-refractivity contribution in [1.29, 1.82) is 0 Å². The van der Waals surface area contributed by atoms with Crippen molar-refractivity contribution in [2.24, 2.45) is 0 Å². The van der Waals surface area contributed by atoms with Gasteiger partial charge in [-0.3, -0.25) is 0 Å². The molecule has 0 saturated carbocycles. The lowest BCUT2D eigenvalue weighted by atomic mass is 10.2. The molecule has 0 aliphatic rings. The fraction of sp³-hybridized carbons (Fsp3) is 0.143. The topological polar surface area (TPSA) is 18.5 Å². The van der Waals surface area contributed by atoms with Crippen LogP contribution in [0.25, 0.3) is 0 Å². The van der Waals surface area contributed by atoms with Crippen LogP contribution in [0.15, 0.2) is 40.9 Å². The lowest BCUT2D eigenvalue weighted by Crippen LogP contribution is -1.99. The first-order valence-corrected chi connectivity index (χ1v) is 6.67. The van der Waals surface area contributed by atoms with Crippen LogP contribution in [0.3, 0.4) is 0 Å². The second-order valence-corrected chi connectivity index (χ2v) is 5.20. The minimum Gasteiger partial charge on any atom is -0.496 e. The monoisotopic (exact) mass is 344 g/mol. The maximum Gasteiger partial charge on any atom is 0.128 e. The molecule has 2 aromatic carbocycles. The molecule has 0 saturated heterocycles. The minimum absolute atomic E-state index is 0.250. The van der Waals surface area contributed by atoms with E-state index in [1.807, 2.05) is 0 Å². The standard InChI is InChI=1S/C14H11BrClFO2/c1-18-14-3-2-11(16)4-9(14)8-19-13-6-10(15)5-12(17)7-13/h2-7H,8H2,1H3. The molecule has 5 heteroatoms. The Kier molecular flexibility index (Phi) is 4.66. The van der Waals surface area contributed by atoms with E-state index in [1.165, 1.54) is 12.1 Å². The summed E-state index contributed by atoms with van der Waals surface area (Å²) in [7, 11) is 1.57. The number of rotatable bonds is 4. The number of hydrogen-bond donors (Lipinski definition) is 0. The van der Waals surface area contributed by atoms with Gasteiger partial charge in [-0.2, -0.15) is 0 Å². The lowest BCUT2D eigenvalue weighted by molar-refractivity contribution is 0.295. The lowest BCUT2D eigenvalue weighted by Gasteiger charge is -2.11. The van der Waals surface area contributed by atoms with Crippen molar-refractivity contribution in [2.75, 3.05) is 7.11 Å². The zero-order valence-corrected chi connectivity index (χ0v) is 12.5. The second-order valence-electron chi connectivity index (χ2n) is 3.85. The van der Waals surface area contributed by atoms with Crippen LogP contribution in [-0.2, 0) is 6.61 Å². The van der Waals surface area contributed by atoms with Crippen molar-refractivity contribution in [3.05, 3.63) is 57.3 Å². The Morgan fingerprint density at radius 2 is 2.00 bits per heavy atom. The first kappa shape index (κ1) is 14.2. The largest absolute Gasteiger partial charge is 0.496 e. The summed E-state index contributed by atoms with van der Waals surface area (Å²) in [4.78, 5) is 0. The van der Waals surface area contributed by atoms with Gasteiger partial charge in [-0.1, -0.05) is 27.5 Å². The molecule has 2 nitrogen and oxygen atoms in total. The zero-order valence-electron chi connectivity index (χ0n) is 10.1. The zero-order chi connectivity index (χ0) is 13.8. The fourth-order valence-corrected chi connectivity index (χ4v) is 2.27. The molecule has 100 valence electrons. The summed E-state index contributed by atoms with van der Waals surface area (Å²) < 4.78 is 24.6. The van der Waals surface area contributed by atoms with Gasteiger partial charge >= 0.3 is 0 Å². The van der Waals surface area contributed by atoms with Crippen molar-refractivity contribution >= 4 is 27.5 Å². The maximum atomic E-state index is 13.2. The van der Waals surface area contributed by atoms with Crippen LogP contribution in [0.2, 0.25) is 5.02 Å². The van der Waals surface area contributed by atoms with Crippen LogP contribution in [0, 0.1) is 5.82 Å². The van der Waals surface area contributed by atoms with E-state index in [-0.39, 0.29) is 12.4 Å². The predicted octanol–water partition coefficient (Wildman–Crippen LogP) is 4.83. The highest BCUT2D eigenvalue weighted by Crippen LogP contribution is 2.26. The molecule has 19 heavy (non-hydrogen) atoms. The highest BCUT2D eigenvalue weighted by atomic mass is 79.9. The smallest absolute Gasteiger partial charge is 0.128 e. The van der Waals surface area contributed by atoms with E-state index in [4.69, 9.17) is 21.1 Å². The van der Waals surface area contributed by atoms with Crippen molar-refractivity contribution in [2.45, 2.75) is 6.61 Å². The average molecular weight is 346 g/mol. The summed E-state index contributed by atoms with van der Waals surface area (Å²) in [5.41, 5.74) is 0.801. The molecular formula is C14H11BrClFO2. The minimum atomic E-state index is -0.359. The molecule has 0 radical (unpaired) electrons. The molecular weight excluding hydrogens is 335 g/mol. The highest BCUT2D eigenvalue weighted by molar-refractivity contribution is 9.10. The summed E-state index contributed by atoms with van der Waals surface area (Å²) in [6, 6.07) is 9.65. The van der Waals surface area contributed by atoms with Gasteiger partial charge in [0.05, 0.1) is 7.11 Å². The Labute approximate surface area is 124 Å². The van der Waals surface area contributed by atoms with Crippen LogP contribution < -0.4 is 9.47 Å². The van der Waals surface area contributed by atoms with Gasteiger partial charge in [0.15, 0.2) is 0 Å². The molecule has 0 unspecified atom stereocenters. The number of halogens is 3.